The predicted molar refractivity (Wildman–Crippen MR) is 116 cm³/mol. The van der Waals surface area contributed by atoms with Gasteiger partial charge in [0.05, 0.1) is 16.1 Å². The number of allylic oxidation sites excluding steroid dienone is 1. The lowest BCUT2D eigenvalue weighted by Crippen LogP contribution is -2.22. The Morgan fingerprint density at radius 3 is 2.13 bits per heavy atom. The van der Waals surface area contributed by atoms with Gasteiger partial charge in [0.2, 0.25) is 9.84 Å². The maximum absolute atomic E-state index is 13.0. The van der Waals surface area contributed by atoms with Crippen molar-refractivity contribution in [3.63, 3.8) is 0 Å². The summed E-state index contributed by atoms with van der Waals surface area (Å²) < 4.78 is 25.5. The molecule has 0 fully saturated rings. The predicted octanol–water partition coefficient (Wildman–Crippen LogP) is 4.37. The van der Waals surface area contributed by atoms with Crippen molar-refractivity contribution in [2.24, 2.45) is 0 Å². The molecule has 8 heteroatoms. The Morgan fingerprint density at radius 1 is 0.871 bits per heavy atom. The van der Waals surface area contributed by atoms with Crippen LogP contribution in [-0.2, 0) is 9.84 Å². The number of rotatable bonds is 4. The van der Waals surface area contributed by atoms with Crippen molar-refractivity contribution in [1.29, 1.82) is 5.26 Å². The van der Waals surface area contributed by atoms with E-state index in [1.165, 1.54) is 30.3 Å². The number of halogens is 1. The minimum Gasteiger partial charge on any atom is -0.359 e. The third-order valence-electron chi connectivity index (χ3n) is 4.83. The zero-order chi connectivity index (χ0) is 22.2. The summed E-state index contributed by atoms with van der Waals surface area (Å²) in [4.78, 5) is 25.2. The van der Waals surface area contributed by atoms with E-state index in [9.17, 15) is 23.3 Å². The largest absolute Gasteiger partial charge is 0.359 e. The molecule has 0 saturated carbocycles. The van der Waals surface area contributed by atoms with E-state index in [1.54, 1.807) is 42.5 Å². The van der Waals surface area contributed by atoms with Gasteiger partial charge in [0.1, 0.15) is 6.07 Å². The third kappa shape index (κ3) is 3.52. The van der Waals surface area contributed by atoms with Crippen molar-refractivity contribution in [3.8, 4) is 6.07 Å². The van der Waals surface area contributed by atoms with Crippen LogP contribution < -0.4 is 5.32 Å². The fourth-order valence-corrected chi connectivity index (χ4v) is 4.53. The lowest BCUT2D eigenvalue weighted by Gasteiger charge is -2.20. The number of nitriles is 1. The first-order chi connectivity index (χ1) is 14.8. The second-order valence-electron chi connectivity index (χ2n) is 6.65. The molecule has 0 aromatic heterocycles. The highest BCUT2D eigenvalue weighted by atomic mass is 35.5. The number of nitrogens with one attached hydrogen (secondary N) is 1. The molecule has 0 aliphatic heterocycles. The fourth-order valence-electron chi connectivity index (χ4n) is 3.32. The molecule has 0 atom stereocenters. The van der Waals surface area contributed by atoms with E-state index < -0.39 is 14.7 Å². The minimum atomic E-state index is -4.11. The number of carbonyl (C=O) groups is 2. The molecule has 3 aromatic rings. The summed E-state index contributed by atoms with van der Waals surface area (Å²) in [5, 5.41) is 12.5. The van der Waals surface area contributed by atoms with Crippen molar-refractivity contribution in [3.05, 3.63) is 105 Å². The van der Waals surface area contributed by atoms with Gasteiger partial charge in [0, 0.05) is 27.9 Å². The van der Waals surface area contributed by atoms with Gasteiger partial charge < -0.3 is 5.32 Å². The van der Waals surface area contributed by atoms with Crippen LogP contribution in [0, 0.1) is 11.3 Å². The SMILES string of the molecule is N#C/C(=C\Nc1cccc2c1C(=O)c1ccccc1C2=O)S(=O)(=O)c1ccc(Cl)cc1. The van der Waals surface area contributed by atoms with Crippen LogP contribution in [0.1, 0.15) is 31.8 Å². The molecule has 0 heterocycles. The highest BCUT2D eigenvalue weighted by Crippen LogP contribution is 2.32. The van der Waals surface area contributed by atoms with Gasteiger partial charge in [-0.3, -0.25) is 9.59 Å². The molecule has 31 heavy (non-hydrogen) atoms. The summed E-state index contributed by atoms with van der Waals surface area (Å²) in [6.45, 7) is 0. The zero-order valence-electron chi connectivity index (χ0n) is 15.8. The molecule has 1 aliphatic rings. The molecule has 0 amide bonds. The van der Waals surface area contributed by atoms with E-state index in [4.69, 9.17) is 11.6 Å². The number of fused-ring (bicyclic) bond motifs is 2. The van der Waals surface area contributed by atoms with Crippen molar-refractivity contribution < 1.29 is 18.0 Å². The maximum atomic E-state index is 13.0. The van der Waals surface area contributed by atoms with Crippen LogP contribution in [-0.4, -0.2) is 20.0 Å². The number of nitrogens with zero attached hydrogens (tertiary/aromatic N) is 1. The Morgan fingerprint density at radius 2 is 1.48 bits per heavy atom. The molecule has 0 bridgehead atoms. The van der Waals surface area contributed by atoms with Gasteiger partial charge in [-0.15, -0.1) is 0 Å². The Kier molecular flexibility index (Phi) is 5.19. The third-order valence-corrected chi connectivity index (χ3v) is 6.77. The number of hydrogen-bond acceptors (Lipinski definition) is 6. The Bertz CT molecular complexity index is 1420. The zero-order valence-corrected chi connectivity index (χ0v) is 17.4. The molecule has 1 N–H and O–H groups in total. The van der Waals surface area contributed by atoms with Crippen LogP contribution in [0.25, 0.3) is 0 Å². The van der Waals surface area contributed by atoms with Gasteiger partial charge in [-0.1, -0.05) is 48.0 Å². The van der Waals surface area contributed by atoms with Gasteiger partial charge in [0.15, 0.2) is 16.5 Å². The Labute approximate surface area is 183 Å². The van der Waals surface area contributed by atoms with Crippen LogP contribution in [0.4, 0.5) is 5.69 Å². The van der Waals surface area contributed by atoms with Crippen molar-refractivity contribution in [2.75, 3.05) is 5.32 Å². The number of anilines is 1. The standard InChI is InChI=1S/C23H13ClN2O4S/c24-14-8-10-15(11-9-14)31(29,30)16(12-25)13-26-20-7-3-6-19-21(20)23(28)18-5-2-1-4-17(18)22(19)27/h1-11,13,26H/b16-13+. The van der Waals surface area contributed by atoms with Crippen molar-refractivity contribution >= 4 is 38.7 Å². The summed E-state index contributed by atoms with van der Waals surface area (Å²) in [6, 6.07) is 18.2. The minimum absolute atomic E-state index is 0.0956. The smallest absolute Gasteiger partial charge is 0.218 e. The van der Waals surface area contributed by atoms with E-state index in [-0.39, 0.29) is 38.8 Å². The molecule has 0 radical (unpaired) electrons. The van der Waals surface area contributed by atoms with E-state index >= 15 is 0 Å². The number of sulfone groups is 1. The van der Waals surface area contributed by atoms with E-state index in [2.05, 4.69) is 5.32 Å². The molecule has 3 aromatic carbocycles. The highest BCUT2D eigenvalue weighted by Gasteiger charge is 2.31. The van der Waals surface area contributed by atoms with Gasteiger partial charge in [-0.05, 0) is 30.3 Å². The Hall–Kier alpha value is -3.73. The first-order valence-corrected chi connectivity index (χ1v) is 10.9. The average molecular weight is 449 g/mol. The van der Waals surface area contributed by atoms with Crippen LogP contribution in [0.5, 0.6) is 0 Å². The Balaban J connectivity index is 1.75. The normalized spacial score (nSPS) is 13.2. The van der Waals surface area contributed by atoms with E-state index in [1.807, 2.05) is 0 Å². The first kappa shape index (κ1) is 20.5. The van der Waals surface area contributed by atoms with Gasteiger partial charge >= 0.3 is 0 Å². The molecule has 6 nitrogen and oxygen atoms in total. The maximum Gasteiger partial charge on any atom is 0.218 e. The second kappa shape index (κ2) is 7.84. The highest BCUT2D eigenvalue weighted by molar-refractivity contribution is 7.95. The topological polar surface area (TPSA) is 104 Å². The molecule has 1 aliphatic carbocycles. The molecule has 152 valence electrons. The lowest BCUT2D eigenvalue weighted by atomic mass is 9.83. The first-order valence-electron chi connectivity index (χ1n) is 9.03. The quantitative estimate of drug-likeness (QED) is 0.465. The molecule has 4 rings (SSSR count). The number of ketones is 2. The van der Waals surface area contributed by atoms with Gasteiger partial charge in [-0.2, -0.15) is 5.26 Å². The summed E-state index contributed by atoms with van der Waals surface area (Å²) in [5.41, 5.74) is 1.15. The number of carbonyl (C=O) groups excluding carboxylic acids is 2. The fraction of sp³-hybridized carbons (Fsp3) is 0. The lowest BCUT2D eigenvalue weighted by molar-refractivity contribution is 0.0979. The molecular weight excluding hydrogens is 436 g/mol. The monoisotopic (exact) mass is 448 g/mol. The number of hydrogen-bond donors (Lipinski definition) is 1. The molecule has 0 saturated heterocycles. The summed E-state index contributed by atoms with van der Waals surface area (Å²) in [7, 11) is -4.11. The molecular formula is C23H13ClN2O4S. The molecule has 0 spiro atoms. The summed E-state index contributed by atoms with van der Waals surface area (Å²) >= 11 is 5.80. The van der Waals surface area contributed by atoms with Crippen molar-refractivity contribution in [1.82, 2.24) is 0 Å². The van der Waals surface area contributed by atoms with E-state index in [0.717, 1.165) is 6.20 Å². The van der Waals surface area contributed by atoms with Gasteiger partial charge in [-0.25, -0.2) is 8.42 Å². The van der Waals surface area contributed by atoms with Crippen LogP contribution in [0.15, 0.2) is 82.7 Å². The average Bonchev–Trinajstić information content (AvgIpc) is 2.78. The second-order valence-corrected chi connectivity index (χ2v) is 9.01. The number of benzene rings is 3. The van der Waals surface area contributed by atoms with Crippen LogP contribution in [0.3, 0.4) is 0 Å². The van der Waals surface area contributed by atoms with Crippen molar-refractivity contribution in [2.45, 2.75) is 4.90 Å². The van der Waals surface area contributed by atoms with Crippen LogP contribution in [0.2, 0.25) is 5.02 Å². The molecule has 0 unspecified atom stereocenters. The summed E-state index contributed by atoms with van der Waals surface area (Å²) in [5.74, 6) is -0.659. The van der Waals surface area contributed by atoms with E-state index in [0.29, 0.717) is 10.6 Å². The summed E-state index contributed by atoms with van der Waals surface area (Å²) in [6.07, 6.45) is 1.01. The van der Waals surface area contributed by atoms with Crippen LogP contribution >= 0.6 is 11.6 Å². The van der Waals surface area contributed by atoms with Gasteiger partial charge in [0.25, 0.3) is 0 Å².